The highest BCUT2D eigenvalue weighted by Crippen LogP contribution is 2.27. The Balaban J connectivity index is 1.50. The van der Waals surface area contributed by atoms with E-state index in [1.165, 1.54) is 0 Å². The molecule has 0 unspecified atom stereocenters. The van der Waals surface area contributed by atoms with Gasteiger partial charge in [0.25, 0.3) is 5.91 Å². The van der Waals surface area contributed by atoms with Gasteiger partial charge in [-0.3, -0.25) is 14.3 Å². The molecule has 0 saturated carbocycles. The van der Waals surface area contributed by atoms with Crippen LogP contribution in [0.4, 0.5) is 5.69 Å². The number of pyridine rings is 1. The number of benzene rings is 1. The zero-order valence-electron chi connectivity index (χ0n) is 18.1. The van der Waals surface area contributed by atoms with Crippen molar-refractivity contribution in [1.82, 2.24) is 29.7 Å². The fourth-order valence-corrected chi connectivity index (χ4v) is 3.77. The standard InChI is InChI=1S/C23H21N7O2/c1-12-5-6-16(22-25-15(4)32-29-22)9-18(12)26-23(31)19-10-24-20-8-7-17(11-30(19)20)21-13(2)27-28-14(21)3/h5-11H,1-4H3,(H,26,31)(H,27,28). The number of aryl methyl sites for hydroxylation is 4. The largest absolute Gasteiger partial charge is 0.339 e. The molecule has 0 radical (unpaired) electrons. The second kappa shape index (κ2) is 7.45. The van der Waals surface area contributed by atoms with Gasteiger partial charge in [-0.2, -0.15) is 10.1 Å². The third kappa shape index (κ3) is 3.33. The van der Waals surface area contributed by atoms with Gasteiger partial charge in [0.1, 0.15) is 11.3 Å². The van der Waals surface area contributed by atoms with Crippen molar-refractivity contribution in [2.75, 3.05) is 5.32 Å². The number of amides is 1. The highest BCUT2D eigenvalue weighted by molar-refractivity contribution is 6.04. The number of imidazole rings is 1. The average Bonchev–Trinajstić information content (AvgIpc) is 3.48. The van der Waals surface area contributed by atoms with Crippen molar-refractivity contribution in [3.8, 4) is 22.5 Å². The zero-order valence-corrected chi connectivity index (χ0v) is 18.1. The molecule has 160 valence electrons. The van der Waals surface area contributed by atoms with E-state index < -0.39 is 0 Å². The molecule has 1 aromatic carbocycles. The fraction of sp³-hybridized carbons (Fsp3) is 0.174. The molecule has 0 aliphatic rings. The number of anilines is 1. The maximum absolute atomic E-state index is 13.2. The van der Waals surface area contributed by atoms with E-state index in [2.05, 4.69) is 30.6 Å². The Bertz CT molecular complexity index is 1460. The van der Waals surface area contributed by atoms with E-state index in [1.54, 1.807) is 17.5 Å². The number of rotatable bonds is 4. The minimum Gasteiger partial charge on any atom is -0.339 e. The van der Waals surface area contributed by atoms with Gasteiger partial charge < -0.3 is 9.84 Å². The Morgan fingerprint density at radius 1 is 1.09 bits per heavy atom. The van der Waals surface area contributed by atoms with Crippen molar-refractivity contribution < 1.29 is 9.32 Å². The van der Waals surface area contributed by atoms with Crippen LogP contribution < -0.4 is 5.32 Å². The number of carbonyl (C=O) groups is 1. The number of hydrogen-bond acceptors (Lipinski definition) is 6. The van der Waals surface area contributed by atoms with E-state index in [1.807, 2.05) is 57.3 Å². The molecule has 9 nitrogen and oxygen atoms in total. The Hall–Kier alpha value is -4.27. The van der Waals surface area contributed by atoms with Crippen molar-refractivity contribution in [1.29, 1.82) is 0 Å². The van der Waals surface area contributed by atoms with Crippen LogP contribution in [0.15, 0.2) is 47.2 Å². The second-order valence-corrected chi connectivity index (χ2v) is 7.72. The molecule has 0 spiro atoms. The molecule has 4 heterocycles. The number of aromatic amines is 1. The first-order chi connectivity index (χ1) is 15.4. The third-order valence-electron chi connectivity index (χ3n) is 5.43. The van der Waals surface area contributed by atoms with Crippen LogP contribution in [-0.4, -0.2) is 35.6 Å². The number of nitrogens with zero attached hydrogens (tertiary/aromatic N) is 5. The molecular formula is C23H21N7O2. The van der Waals surface area contributed by atoms with Crippen molar-refractivity contribution in [3.63, 3.8) is 0 Å². The van der Waals surface area contributed by atoms with E-state index in [0.717, 1.165) is 33.6 Å². The lowest BCUT2D eigenvalue weighted by atomic mass is 10.1. The summed E-state index contributed by atoms with van der Waals surface area (Å²) in [4.78, 5) is 21.8. The number of H-pyrrole nitrogens is 1. The Morgan fingerprint density at radius 3 is 2.62 bits per heavy atom. The SMILES string of the molecule is Cc1nc(-c2ccc(C)c(NC(=O)c3cnc4ccc(-c5c(C)n[nH]c5C)cn34)c2)no1. The summed E-state index contributed by atoms with van der Waals surface area (Å²) in [5.74, 6) is 0.693. The van der Waals surface area contributed by atoms with Crippen molar-refractivity contribution in [3.05, 3.63) is 71.3 Å². The van der Waals surface area contributed by atoms with Crippen LogP contribution in [0.2, 0.25) is 0 Å². The predicted molar refractivity (Wildman–Crippen MR) is 119 cm³/mol. The molecule has 0 saturated heterocycles. The van der Waals surface area contributed by atoms with Gasteiger partial charge in [0.15, 0.2) is 0 Å². The van der Waals surface area contributed by atoms with Crippen LogP contribution >= 0.6 is 0 Å². The topological polar surface area (TPSA) is 114 Å². The van der Waals surface area contributed by atoms with Crippen LogP contribution in [0.5, 0.6) is 0 Å². The highest BCUT2D eigenvalue weighted by atomic mass is 16.5. The van der Waals surface area contributed by atoms with Gasteiger partial charge in [-0.05, 0) is 44.5 Å². The molecule has 5 aromatic rings. The van der Waals surface area contributed by atoms with Gasteiger partial charge in [-0.25, -0.2) is 4.98 Å². The number of nitrogens with one attached hydrogen (secondary N) is 2. The summed E-state index contributed by atoms with van der Waals surface area (Å²) >= 11 is 0. The first-order valence-corrected chi connectivity index (χ1v) is 10.1. The fourth-order valence-electron chi connectivity index (χ4n) is 3.77. The summed E-state index contributed by atoms with van der Waals surface area (Å²) in [6.45, 7) is 7.59. The highest BCUT2D eigenvalue weighted by Gasteiger charge is 2.17. The normalized spacial score (nSPS) is 11.2. The summed E-state index contributed by atoms with van der Waals surface area (Å²) in [5.41, 5.74) is 7.31. The zero-order chi connectivity index (χ0) is 22.4. The van der Waals surface area contributed by atoms with Crippen LogP contribution in [0, 0.1) is 27.7 Å². The van der Waals surface area contributed by atoms with Crippen molar-refractivity contribution in [2.45, 2.75) is 27.7 Å². The summed E-state index contributed by atoms with van der Waals surface area (Å²) in [5, 5.41) is 14.2. The molecule has 1 amide bonds. The molecule has 4 aromatic heterocycles. The molecule has 32 heavy (non-hydrogen) atoms. The number of carbonyl (C=O) groups excluding carboxylic acids is 1. The van der Waals surface area contributed by atoms with Crippen molar-refractivity contribution >= 4 is 17.2 Å². The number of aromatic nitrogens is 6. The lowest BCUT2D eigenvalue weighted by Gasteiger charge is -2.10. The lowest BCUT2D eigenvalue weighted by Crippen LogP contribution is -2.15. The van der Waals surface area contributed by atoms with Crippen LogP contribution in [-0.2, 0) is 0 Å². The van der Waals surface area contributed by atoms with Gasteiger partial charge in [0, 0.05) is 41.2 Å². The van der Waals surface area contributed by atoms with Crippen LogP contribution in [0.3, 0.4) is 0 Å². The summed E-state index contributed by atoms with van der Waals surface area (Å²) in [6.07, 6.45) is 3.48. The molecule has 0 atom stereocenters. The van der Waals surface area contributed by atoms with E-state index in [4.69, 9.17) is 4.52 Å². The molecule has 5 rings (SSSR count). The third-order valence-corrected chi connectivity index (χ3v) is 5.43. The summed E-state index contributed by atoms with van der Waals surface area (Å²) in [6, 6.07) is 9.52. The monoisotopic (exact) mass is 427 g/mol. The predicted octanol–water partition coefficient (Wildman–Crippen LogP) is 4.26. The minimum atomic E-state index is -0.264. The Labute approximate surface area is 183 Å². The second-order valence-electron chi connectivity index (χ2n) is 7.72. The minimum absolute atomic E-state index is 0.264. The Kier molecular flexibility index (Phi) is 4.58. The van der Waals surface area contributed by atoms with Gasteiger partial charge in [-0.1, -0.05) is 17.3 Å². The average molecular weight is 427 g/mol. The molecular weight excluding hydrogens is 406 g/mol. The molecule has 9 heteroatoms. The first-order valence-electron chi connectivity index (χ1n) is 10.1. The maximum atomic E-state index is 13.2. The molecule has 0 aliphatic carbocycles. The number of hydrogen-bond donors (Lipinski definition) is 2. The summed E-state index contributed by atoms with van der Waals surface area (Å²) < 4.78 is 6.86. The molecule has 0 bridgehead atoms. The van der Waals surface area contributed by atoms with Gasteiger partial charge >= 0.3 is 0 Å². The van der Waals surface area contributed by atoms with E-state index in [-0.39, 0.29) is 5.91 Å². The van der Waals surface area contributed by atoms with Gasteiger partial charge in [0.05, 0.1) is 11.9 Å². The van der Waals surface area contributed by atoms with Gasteiger partial charge in [0.2, 0.25) is 11.7 Å². The number of fused-ring (bicyclic) bond motifs is 1. The smallest absolute Gasteiger partial charge is 0.274 e. The van der Waals surface area contributed by atoms with Gasteiger partial charge in [-0.15, -0.1) is 0 Å². The maximum Gasteiger partial charge on any atom is 0.274 e. The van der Waals surface area contributed by atoms with E-state index in [9.17, 15) is 4.79 Å². The van der Waals surface area contributed by atoms with Crippen LogP contribution in [0.1, 0.15) is 33.3 Å². The summed E-state index contributed by atoms with van der Waals surface area (Å²) in [7, 11) is 0. The van der Waals surface area contributed by atoms with E-state index >= 15 is 0 Å². The molecule has 0 fully saturated rings. The lowest BCUT2D eigenvalue weighted by molar-refractivity contribution is 0.102. The molecule has 2 N–H and O–H groups in total. The molecule has 0 aliphatic heterocycles. The van der Waals surface area contributed by atoms with Crippen molar-refractivity contribution in [2.24, 2.45) is 0 Å². The Morgan fingerprint density at radius 2 is 1.91 bits per heavy atom. The quantitative estimate of drug-likeness (QED) is 0.443. The van der Waals surface area contributed by atoms with E-state index in [0.29, 0.717) is 28.7 Å². The first kappa shape index (κ1) is 19.7. The van der Waals surface area contributed by atoms with Crippen LogP contribution in [0.25, 0.3) is 28.2 Å².